The number of allylic oxidation sites excluding steroid dienone is 1. The third-order valence-corrected chi connectivity index (χ3v) is 0. The first-order valence-electron chi connectivity index (χ1n) is 1.08. The third kappa shape index (κ3) is 452. The van der Waals surface area contributed by atoms with Gasteiger partial charge in [-0.1, -0.05) is 0 Å². The minimum atomic E-state index is 0. The molecule has 0 aromatic carbocycles. The predicted octanol–water partition coefficient (Wildman–Crippen LogP) is 1.09. The average molecular weight is 131 g/mol. The van der Waals surface area contributed by atoms with Crippen molar-refractivity contribution in [2.45, 2.75) is 6.92 Å². The van der Waals surface area contributed by atoms with E-state index in [2.05, 4.69) is 12.7 Å². The van der Waals surface area contributed by atoms with Gasteiger partial charge in [-0.3, -0.25) is 6.58 Å². The van der Waals surface area contributed by atoms with Crippen molar-refractivity contribution in [2.24, 2.45) is 0 Å². The first-order valence-corrected chi connectivity index (χ1v) is 1.08. The molecule has 0 saturated carbocycles. The molecule has 0 rings (SSSR count). The van der Waals surface area contributed by atoms with Gasteiger partial charge in [-0.25, -0.2) is 0 Å². The van der Waals surface area contributed by atoms with E-state index in [-0.39, 0.29) is 17.1 Å². The summed E-state index contributed by atoms with van der Waals surface area (Å²) >= 11 is 0. The smallest absolute Gasteiger partial charge is 0.512 e. The van der Waals surface area contributed by atoms with Crippen LogP contribution in [-0.2, 0) is 17.1 Å². The Morgan fingerprint density at radius 2 is 1.67 bits per heavy atom. The maximum atomic E-state index is 6.25. The van der Waals surface area contributed by atoms with Crippen LogP contribution in [0.4, 0.5) is 0 Å². The zero-order chi connectivity index (χ0) is 4.71. The van der Waals surface area contributed by atoms with E-state index < -0.39 is 0 Å². The molecule has 0 N–H and O–H groups in total. The Bertz CT molecular complexity index is 31.8. The molecule has 0 bridgehead atoms. The molecule has 0 spiro atoms. The average Bonchev–Trinajstić information content (AvgIpc) is 1.46. The van der Waals surface area contributed by atoms with Crippen molar-refractivity contribution >= 4 is 0 Å². The van der Waals surface area contributed by atoms with Gasteiger partial charge in [-0.15, -0.1) is 0 Å². The summed E-state index contributed by atoms with van der Waals surface area (Å²) in [5.41, 5.74) is 0. The number of rotatable bonds is 0. The van der Waals surface area contributed by atoms with Crippen LogP contribution >= 0.6 is 0 Å². The molecule has 0 amide bonds. The van der Waals surface area contributed by atoms with Gasteiger partial charge in [0.2, 0.25) is 0 Å². The van der Waals surface area contributed by atoms with E-state index >= 15 is 0 Å². The fourth-order valence-electron chi connectivity index (χ4n) is 0. The molecular formula is C4H5CuN. The maximum Gasteiger partial charge on any atom is 2.00 e. The summed E-state index contributed by atoms with van der Waals surface area (Å²) in [5.74, 6) is 0. The van der Waals surface area contributed by atoms with Crippen LogP contribution < -0.4 is 0 Å². The van der Waals surface area contributed by atoms with Crippen LogP contribution in [0.1, 0.15) is 6.92 Å². The van der Waals surface area contributed by atoms with E-state index in [9.17, 15) is 0 Å². The van der Waals surface area contributed by atoms with Crippen LogP contribution in [0, 0.1) is 17.9 Å². The zero-order valence-electron chi connectivity index (χ0n) is 3.46. The van der Waals surface area contributed by atoms with E-state index in [4.69, 9.17) is 11.8 Å². The fraction of sp³-hybridized carbons (Fsp3) is 0.250. The van der Waals surface area contributed by atoms with Crippen LogP contribution in [0.25, 0.3) is 0 Å². The number of hydrogen-bond acceptors (Lipinski definition) is 1. The van der Waals surface area contributed by atoms with Gasteiger partial charge < -0.3 is 17.9 Å². The predicted molar refractivity (Wildman–Crippen MR) is 19.5 cm³/mol. The van der Waals surface area contributed by atoms with Crippen molar-refractivity contribution in [3.05, 3.63) is 19.2 Å². The molecule has 0 aromatic rings. The molecule has 1 radical (unpaired) electrons. The van der Waals surface area contributed by atoms with Crippen LogP contribution in [0.3, 0.4) is 0 Å². The topological polar surface area (TPSA) is 23.8 Å². The van der Waals surface area contributed by atoms with Crippen LogP contribution in [0.5, 0.6) is 0 Å². The first-order chi connectivity index (χ1) is 2.41. The van der Waals surface area contributed by atoms with Crippen LogP contribution in [-0.4, -0.2) is 0 Å². The summed E-state index contributed by atoms with van der Waals surface area (Å²) in [6.45, 7) is 9.75. The van der Waals surface area contributed by atoms with E-state index in [0.717, 1.165) is 0 Å². The molecular weight excluding hydrogens is 126 g/mol. The van der Waals surface area contributed by atoms with Gasteiger partial charge in [0, 0.05) is 0 Å². The van der Waals surface area contributed by atoms with Gasteiger partial charge in [-0.2, -0.15) is 6.92 Å². The number of hydrogen-bond donors (Lipinski definition) is 0. The molecule has 0 atom stereocenters. The molecule has 0 aliphatic rings. The van der Waals surface area contributed by atoms with Gasteiger partial charge in [0.15, 0.2) is 0 Å². The van der Waals surface area contributed by atoms with E-state index in [0.29, 0.717) is 0 Å². The largest absolute Gasteiger partial charge is 2.00 e. The fourth-order valence-corrected chi connectivity index (χ4v) is 0. The molecule has 0 heterocycles. The van der Waals surface area contributed by atoms with Gasteiger partial charge in [0.25, 0.3) is 0 Å². The Balaban J connectivity index is -0.0000000275. The summed E-state index contributed by atoms with van der Waals surface area (Å²) in [6.07, 6.45) is 2.50. The second kappa shape index (κ2) is 119. The molecule has 6 heavy (non-hydrogen) atoms. The molecule has 0 saturated heterocycles. The second-order valence-electron chi connectivity index (χ2n) is 0.354. The molecule has 0 aromatic heterocycles. The van der Waals surface area contributed by atoms with Gasteiger partial charge in [-0.05, 0) is 0 Å². The Kier molecular flexibility index (Phi) is 340. The SMILES string of the molecule is C=[C-]C.[C-]#N.[Cu+2]. The molecule has 1 nitrogen and oxygen atoms in total. The maximum absolute atomic E-state index is 6.25. The Hall–Kier alpha value is -0.251. The monoisotopic (exact) mass is 130 g/mol. The molecule has 0 aliphatic carbocycles. The minimum absolute atomic E-state index is 0. The van der Waals surface area contributed by atoms with E-state index in [1.807, 2.05) is 0 Å². The molecule has 0 fully saturated rings. The molecule has 2 heteroatoms. The van der Waals surface area contributed by atoms with Crippen molar-refractivity contribution in [3.8, 4) is 0 Å². The van der Waals surface area contributed by atoms with Crippen molar-refractivity contribution in [2.75, 3.05) is 0 Å². The quantitative estimate of drug-likeness (QED) is 0.356. The molecule has 0 unspecified atom stereocenters. The van der Waals surface area contributed by atoms with Gasteiger partial charge in [0.05, 0.1) is 0 Å². The summed E-state index contributed by atoms with van der Waals surface area (Å²) in [6, 6.07) is 0. The molecule has 0 aliphatic heterocycles. The summed E-state index contributed by atoms with van der Waals surface area (Å²) in [5, 5.41) is 6.25. The number of nitrogens with zero attached hydrogens (tertiary/aromatic N) is 1. The minimum Gasteiger partial charge on any atom is -0.512 e. The van der Waals surface area contributed by atoms with Gasteiger partial charge >= 0.3 is 17.1 Å². The standard InChI is InChI=1S/C3H5.CN.Cu/c1-3-2;1-2;/h1H2,2H3;;/q2*-1;+2. The Morgan fingerprint density at radius 1 is 1.67 bits per heavy atom. The normalized spacial score (nSPS) is 2.50. The van der Waals surface area contributed by atoms with Crippen LogP contribution in [0.15, 0.2) is 6.58 Å². The third-order valence-electron chi connectivity index (χ3n) is 0. The van der Waals surface area contributed by atoms with Crippen LogP contribution in [0.2, 0.25) is 0 Å². The summed E-state index contributed by atoms with van der Waals surface area (Å²) < 4.78 is 0. The second-order valence-corrected chi connectivity index (χ2v) is 0.354. The van der Waals surface area contributed by atoms with Gasteiger partial charge in [0.1, 0.15) is 0 Å². The summed E-state index contributed by atoms with van der Waals surface area (Å²) in [4.78, 5) is 0. The summed E-state index contributed by atoms with van der Waals surface area (Å²) in [7, 11) is 0. The van der Waals surface area contributed by atoms with E-state index in [1.165, 1.54) is 0 Å². The van der Waals surface area contributed by atoms with Crippen molar-refractivity contribution in [1.82, 2.24) is 0 Å². The Morgan fingerprint density at radius 3 is 1.67 bits per heavy atom. The van der Waals surface area contributed by atoms with E-state index in [1.54, 1.807) is 6.92 Å². The zero-order valence-corrected chi connectivity index (χ0v) is 4.40. The first kappa shape index (κ1) is 17.2. The van der Waals surface area contributed by atoms with Crippen molar-refractivity contribution < 1.29 is 17.1 Å². The van der Waals surface area contributed by atoms with Crippen molar-refractivity contribution in [3.63, 3.8) is 0 Å². The molecule has 37 valence electrons. The van der Waals surface area contributed by atoms with Crippen molar-refractivity contribution in [1.29, 1.82) is 5.26 Å². The Labute approximate surface area is 49.1 Å².